The van der Waals surface area contributed by atoms with Gasteiger partial charge in [-0.05, 0) is 58.8 Å². The summed E-state index contributed by atoms with van der Waals surface area (Å²) in [6.45, 7) is 9.06. The number of carbonyl (C=O) groups is 2. The van der Waals surface area contributed by atoms with Gasteiger partial charge in [-0.3, -0.25) is 4.79 Å². The Morgan fingerprint density at radius 3 is 2.19 bits per heavy atom. The molecule has 3 aliphatic rings. The lowest BCUT2D eigenvalue weighted by Gasteiger charge is -2.39. The highest BCUT2D eigenvalue weighted by Crippen LogP contribution is 2.52. The summed E-state index contributed by atoms with van der Waals surface area (Å²) in [5.74, 6) is 0.972. The van der Waals surface area contributed by atoms with Gasteiger partial charge in [0.25, 0.3) is 0 Å². The zero-order chi connectivity index (χ0) is 15.4. The van der Waals surface area contributed by atoms with E-state index in [1.165, 1.54) is 6.42 Å². The van der Waals surface area contributed by atoms with Crippen molar-refractivity contribution in [2.24, 2.45) is 17.8 Å². The Labute approximate surface area is 126 Å². The third-order valence-electron chi connectivity index (χ3n) is 5.03. The summed E-state index contributed by atoms with van der Waals surface area (Å²) >= 11 is 0. The van der Waals surface area contributed by atoms with Crippen molar-refractivity contribution < 1.29 is 14.3 Å². The lowest BCUT2D eigenvalue weighted by Crippen LogP contribution is -2.52. The van der Waals surface area contributed by atoms with Gasteiger partial charge in [0.05, 0.1) is 0 Å². The quantitative estimate of drug-likeness (QED) is 0.849. The van der Waals surface area contributed by atoms with Crippen LogP contribution in [0, 0.1) is 17.8 Å². The van der Waals surface area contributed by atoms with E-state index in [1.807, 2.05) is 20.8 Å². The van der Waals surface area contributed by atoms with Gasteiger partial charge in [-0.15, -0.1) is 0 Å². The molecule has 1 unspecified atom stereocenters. The minimum absolute atomic E-state index is 0.0266. The molecule has 21 heavy (non-hydrogen) atoms. The van der Waals surface area contributed by atoms with Crippen LogP contribution in [0.15, 0.2) is 0 Å². The van der Waals surface area contributed by atoms with Crippen LogP contribution >= 0.6 is 0 Å². The molecule has 0 bridgehead atoms. The molecule has 5 heteroatoms. The van der Waals surface area contributed by atoms with Crippen molar-refractivity contribution in [2.75, 3.05) is 13.1 Å². The van der Waals surface area contributed by atoms with E-state index in [0.29, 0.717) is 24.9 Å². The van der Waals surface area contributed by atoms with Gasteiger partial charge in [0.2, 0.25) is 5.91 Å². The second-order valence-corrected chi connectivity index (χ2v) is 8.14. The predicted molar refractivity (Wildman–Crippen MR) is 78.7 cm³/mol. The number of hydrogen-bond donors (Lipinski definition) is 1. The summed E-state index contributed by atoms with van der Waals surface area (Å²) in [5.41, 5.74) is -0.432. The molecule has 0 aromatic heterocycles. The molecule has 0 spiro atoms. The number of rotatable bonds is 2. The van der Waals surface area contributed by atoms with Crippen molar-refractivity contribution in [1.29, 1.82) is 0 Å². The van der Waals surface area contributed by atoms with Crippen LogP contribution in [0.1, 0.15) is 47.0 Å². The van der Waals surface area contributed by atoms with Crippen LogP contribution in [-0.2, 0) is 9.53 Å². The van der Waals surface area contributed by atoms with E-state index in [-0.39, 0.29) is 23.5 Å². The summed E-state index contributed by atoms with van der Waals surface area (Å²) in [4.78, 5) is 26.0. The molecule has 0 radical (unpaired) electrons. The van der Waals surface area contributed by atoms with Crippen LogP contribution in [0.3, 0.4) is 0 Å². The zero-order valence-corrected chi connectivity index (χ0v) is 13.4. The second-order valence-electron chi connectivity index (χ2n) is 8.14. The summed E-state index contributed by atoms with van der Waals surface area (Å²) in [7, 11) is 0. The highest BCUT2D eigenvalue weighted by molar-refractivity contribution is 5.84. The van der Waals surface area contributed by atoms with Gasteiger partial charge in [-0.1, -0.05) is 0 Å². The normalized spacial score (nSPS) is 33.0. The number of nitrogens with one attached hydrogen (secondary N) is 1. The van der Waals surface area contributed by atoms with Gasteiger partial charge < -0.3 is 15.0 Å². The highest BCUT2D eigenvalue weighted by Gasteiger charge is 2.61. The number of nitrogens with zero attached hydrogens (tertiary/aromatic N) is 1. The fourth-order valence-electron chi connectivity index (χ4n) is 3.60. The first-order chi connectivity index (χ1) is 9.69. The minimum atomic E-state index is -0.459. The first-order valence-electron chi connectivity index (χ1n) is 7.98. The molecule has 5 nitrogen and oxygen atoms in total. The maximum atomic E-state index is 12.3. The lowest BCUT2D eigenvalue weighted by molar-refractivity contribution is -0.126. The number of carbonyl (C=O) groups excluding carboxylic acids is 2. The van der Waals surface area contributed by atoms with E-state index in [9.17, 15) is 9.59 Å². The average Bonchev–Trinajstić information content (AvgIpc) is 2.80. The minimum Gasteiger partial charge on any atom is -0.444 e. The second kappa shape index (κ2) is 4.62. The predicted octanol–water partition coefficient (Wildman–Crippen LogP) is 2.16. The van der Waals surface area contributed by atoms with Crippen LogP contribution in [0.25, 0.3) is 0 Å². The number of ether oxygens (including phenoxy) is 1. The van der Waals surface area contributed by atoms with Crippen molar-refractivity contribution in [3.63, 3.8) is 0 Å². The van der Waals surface area contributed by atoms with Crippen molar-refractivity contribution in [2.45, 2.75) is 58.1 Å². The summed E-state index contributed by atoms with van der Waals surface area (Å²) in [6.07, 6.45) is 3.14. The van der Waals surface area contributed by atoms with E-state index in [4.69, 9.17) is 4.74 Å². The average molecular weight is 294 g/mol. The lowest BCUT2D eigenvalue weighted by atomic mass is 9.78. The Kier molecular flexibility index (Phi) is 3.22. The highest BCUT2D eigenvalue weighted by atomic mass is 16.6. The topological polar surface area (TPSA) is 58.6 Å². The molecule has 3 rings (SSSR count). The van der Waals surface area contributed by atoms with Gasteiger partial charge in [-0.25, -0.2) is 4.79 Å². The van der Waals surface area contributed by atoms with Crippen molar-refractivity contribution in [3.8, 4) is 0 Å². The van der Waals surface area contributed by atoms with Crippen molar-refractivity contribution in [1.82, 2.24) is 10.2 Å². The molecule has 2 amide bonds. The Balaban J connectivity index is 1.47. The van der Waals surface area contributed by atoms with E-state index >= 15 is 0 Å². The molecule has 2 saturated carbocycles. The van der Waals surface area contributed by atoms with Crippen LogP contribution < -0.4 is 5.32 Å². The molecule has 118 valence electrons. The fraction of sp³-hybridized carbons (Fsp3) is 0.875. The fourth-order valence-corrected chi connectivity index (χ4v) is 3.60. The van der Waals surface area contributed by atoms with Gasteiger partial charge in [-0.2, -0.15) is 0 Å². The first kappa shape index (κ1) is 14.7. The smallest absolute Gasteiger partial charge is 0.410 e. The van der Waals surface area contributed by atoms with Gasteiger partial charge in [0, 0.05) is 24.5 Å². The molecule has 2 aliphatic carbocycles. The van der Waals surface area contributed by atoms with Crippen molar-refractivity contribution in [3.05, 3.63) is 0 Å². The van der Waals surface area contributed by atoms with Crippen LogP contribution in [-0.4, -0.2) is 41.1 Å². The van der Waals surface area contributed by atoms with Crippen molar-refractivity contribution >= 4 is 12.0 Å². The third-order valence-corrected chi connectivity index (χ3v) is 5.03. The molecule has 0 aromatic carbocycles. The first-order valence-corrected chi connectivity index (χ1v) is 7.98. The number of fused-ring (bicyclic) bond motifs is 1. The number of amides is 2. The Bertz CT molecular complexity index is 453. The molecule has 3 fully saturated rings. The maximum Gasteiger partial charge on any atom is 0.410 e. The molecule has 1 aliphatic heterocycles. The van der Waals surface area contributed by atoms with Crippen LogP contribution in [0.4, 0.5) is 4.79 Å². The SMILES string of the molecule is CC1(NC(=O)C2[C@H]3CN(C(=O)OC(C)(C)C)C[C@@H]23)CCC1. The molecule has 1 heterocycles. The van der Waals surface area contributed by atoms with Crippen LogP contribution in [0.5, 0.6) is 0 Å². The molecular weight excluding hydrogens is 268 g/mol. The molecular formula is C16H26N2O3. The molecule has 1 N–H and O–H groups in total. The number of piperidine rings is 1. The molecule has 1 saturated heterocycles. The zero-order valence-electron chi connectivity index (χ0n) is 13.4. The Morgan fingerprint density at radius 2 is 1.76 bits per heavy atom. The number of likely N-dealkylation sites (tertiary alicyclic amines) is 1. The van der Waals surface area contributed by atoms with E-state index in [2.05, 4.69) is 12.2 Å². The summed E-state index contributed by atoms with van der Waals surface area (Å²) < 4.78 is 5.38. The van der Waals surface area contributed by atoms with E-state index in [0.717, 1.165) is 12.8 Å². The summed E-state index contributed by atoms with van der Waals surface area (Å²) in [6, 6.07) is 0. The summed E-state index contributed by atoms with van der Waals surface area (Å²) in [5, 5.41) is 3.19. The standard InChI is InChI=1S/C16H26N2O3/c1-15(2,3)21-14(20)18-8-10-11(9-18)12(10)13(19)17-16(4)6-5-7-16/h10-12H,5-9H2,1-4H3,(H,17,19)/t10-,11+,12?. The van der Waals surface area contributed by atoms with Gasteiger partial charge in [0.15, 0.2) is 0 Å². The maximum absolute atomic E-state index is 12.3. The van der Waals surface area contributed by atoms with Gasteiger partial charge in [0.1, 0.15) is 5.60 Å². The number of hydrogen-bond acceptors (Lipinski definition) is 3. The Morgan fingerprint density at radius 1 is 1.19 bits per heavy atom. The Hall–Kier alpha value is -1.26. The monoisotopic (exact) mass is 294 g/mol. The molecule has 3 atom stereocenters. The van der Waals surface area contributed by atoms with Gasteiger partial charge >= 0.3 is 6.09 Å². The largest absolute Gasteiger partial charge is 0.444 e. The van der Waals surface area contributed by atoms with Crippen LogP contribution in [0.2, 0.25) is 0 Å². The van der Waals surface area contributed by atoms with E-state index < -0.39 is 5.60 Å². The molecule has 0 aromatic rings. The van der Waals surface area contributed by atoms with E-state index in [1.54, 1.807) is 4.90 Å². The third kappa shape index (κ3) is 2.87.